The summed E-state index contributed by atoms with van der Waals surface area (Å²) in [6, 6.07) is 8.57. The first-order valence-electron chi connectivity index (χ1n) is 8.27. The first kappa shape index (κ1) is 16.0. The predicted molar refractivity (Wildman–Crippen MR) is 92.6 cm³/mol. The summed E-state index contributed by atoms with van der Waals surface area (Å²) in [4.78, 5) is 14.7. The third kappa shape index (κ3) is 3.09. The van der Waals surface area contributed by atoms with Crippen LogP contribution in [-0.4, -0.2) is 30.9 Å². The van der Waals surface area contributed by atoms with Crippen molar-refractivity contribution in [3.05, 3.63) is 34.3 Å². The van der Waals surface area contributed by atoms with Crippen molar-refractivity contribution in [1.29, 1.82) is 0 Å². The topological polar surface area (TPSA) is 46.3 Å². The highest BCUT2D eigenvalue weighted by molar-refractivity contribution is 9.10. The van der Waals surface area contributed by atoms with Gasteiger partial charge in [-0.2, -0.15) is 0 Å². The highest BCUT2D eigenvalue weighted by Gasteiger charge is 2.46. The number of nitrogens with zero attached hydrogens (tertiary/aromatic N) is 1. The maximum atomic E-state index is 12.8. The molecule has 0 aliphatic heterocycles. The molecule has 2 saturated carbocycles. The fraction of sp³-hybridized carbons (Fsp3) is 0.611. The van der Waals surface area contributed by atoms with Crippen molar-refractivity contribution in [3.63, 3.8) is 0 Å². The van der Waals surface area contributed by atoms with E-state index in [4.69, 9.17) is 5.73 Å². The molecule has 1 aromatic carbocycles. The molecule has 0 spiro atoms. The van der Waals surface area contributed by atoms with Gasteiger partial charge in [-0.15, -0.1) is 0 Å². The molecule has 0 unspecified atom stereocenters. The van der Waals surface area contributed by atoms with Crippen LogP contribution in [0.2, 0.25) is 0 Å². The van der Waals surface area contributed by atoms with Crippen molar-refractivity contribution >= 4 is 21.8 Å². The summed E-state index contributed by atoms with van der Waals surface area (Å²) in [6.07, 6.45) is 5.62. The molecule has 3 rings (SSSR count). The number of nitrogens with two attached hydrogens (primary N) is 1. The summed E-state index contributed by atoms with van der Waals surface area (Å²) < 4.78 is 1.10. The molecular weight excluding hydrogens is 340 g/mol. The molecule has 1 aromatic rings. The zero-order valence-electron chi connectivity index (χ0n) is 13.2. The lowest BCUT2D eigenvalue weighted by Gasteiger charge is -2.28. The summed E-state index contributed by atoms with van der Waals surface area (Å²) in [5.74, 6) is 0.838. The molecule has 0 saturated heterocycles. The molecule has 22 heavy (non-hydrogen) atoms. The molecule has 2 fully saturated rings. The quantitative estimate of drug-likeness (QED) is 0.870. The zero-order valence-corrected chi connectivity index (χ0v) is 14.8. The number of hydrogen-bond acceptors (Lipinski definition) is 2. The lowest BCUT2D eigenvalue weighted by atomic mass is 9.92. The lowest BCUT2D eigenvalue weighted by molar-refractivity contribution is -0.135. The fourth-order valence-corrected chi connectivity index (χ4v) is 4.22. The fourth-order valence-electron chi connectivity index (χ4n) is 3.95. The minimum absolute atomic E-state index is 0.149. The van der Waals surface area contributed by atoms with Crippen molar-refractivity contribution in [2.45, 2.75) is 37.5 Å². The molecule has 0 aromatic heterocycles. The van der Waals surface area contributed by atoms with Gasteiger partial charge in [0.25, 0.3) is 0 Å². The van der Waals surface area contributed by atoms with Gasteiger partial charge in [-0.25, -0.2) is 0 Å². The maximum Gasteiger partial charge on any atom is 0.225 e. The summed E-state index contributed by atoms with van der Waals surface area (Å²) in [5.41, 5.74) is 7.37. The van der Waals surface area contributed by atoms with Crippen LogP contribution in [0.1, 0.15) is 37.7 Å². The molecule has 2 N–H and O–H groups in total. The highest BCUT2D eigenvalue weighted by atomic mass is 79.9. The van der Waals surface area contributed by atoms with Crippen LogP contribution in [-0.2, 0) is 10.2 Å². The average Bonchev–Trinajstić information content (AvgIpc) is 3.14. The molecule has 3 nitrogen and oxygen atoms in total. The van der Waals surface area contributed by atoms with Crippen molar-refractivity contribution in [2.75, 3.05) is 20.1 Å². The standard InChI is InChI=1S/C18H25BrN2O/c1-21(17(22)16-4-2-3-13(16)11-20)12-18(9-10-18)14-5-7-15(19)8-6-14/h5-8,13,16H,2-4,9-12,20H2,1H3/t13-,16-/m1/s1. The number of likely N-dealkylation sites (N-methyl/N-ethyl adjacent to an activating group) is 1. The Hall–Kier alpha value is -0.870. The molecule has 0 bridgehead atoms. The largest absolute Gasteiger partial charge is 0.345 e. The van der Waals surface area contributed by atoms with Crippen LogP contribution < -0.4 is 5.73 Å². The SMILES string of the molecule is CN(CC1(c2ccc(Br)cc2)CC1)C(=O)[C@@H]1CCC[C@@H]1CN. The number of carbonyl (C=O) groups excluding carboxylic acids is 1. The molecule has 0 heterocycles. The Morgan fingerprint density at radius 1 is 1.32 bits per heavy atom. The van der Waals surface area contributed by atoms with Crippen LogP contribution in [0.25, 0.3) is 0 Å². The summed E-state index contributed by atoms with van der Waals surface area (Å²) >= 11 is 3.49. The Labute approximate surface area is 141 Å². The maximum absolute atomic E-state index is 12.8. The van der Waals surface area contributed by atoms with Gasteiger partial charge in [0.05, 0.1) is 0 Å². The Balaban J connectivity index is 1.67. The van der Waals surface area contributed by atoms with E-state index in [9.17, 15) is 4.79 Å². The second kappa shape index (κ2) is 6.32. The van der Waals surface area contributed by atoms with E-state index in [1.165, 1.54) is 18.4 Å². The van der Waals surface area contributed by atoms with Gasteiger partial charge in [0.15, 0.2) is 0 Å². The Morgan fingerprint density at radius 2 is 2.00 bits per heavy atom. The number of rotatable bonds is 5. The van der Waals surface area contributed by atoms with Gasteiger partial charge >= 0.3 is 0 Å². The third-order valence-electron chi connectivity index (χ3n) is 5.51. The lowest BCUT2D eigenvalue weighted by Crippen LogP contribution is -2.40. The van der Waals surface area contributed by atoms with E-state index in [0.29, 0.717) is 18.4 Å². The molecular formula is C18H25BrN2O. The first-order chi connectivity index (χ1) is 10.6. The van der Waals surface area contributed by atoms with Gasteiger partial charge < -0.3 is 10.6 Å². The van der Waals surface area contributed by atoms with Gasteiger partial charge in [0, 0.05) is 29.4 Å². The smallest absolute Gasteiger partial charge is 0.225 e. The van der Waals surface area contributed by atoms with Crippen LogP contribution >= 0.6 is 15.9 Å². The second-order valence-corrected chi connectivity index (χ2v) is 7.93. The number of halogens is 1. The first-order valence-corrected chi connectivity index (χ1v) is 9.06. The minimum Gasteiger partial charge on any atom is -0.345 e. The van der Waals surface area contributed by atoms with Gasteiger partial charge in [0.2, 0.25) is 5.91 Å². The van der Waals surface area contributed by atoms with Crippen molar-refractivity contribution in [3.8, 4) is 0 Å². The van der Waals surface area contributed by atoms with Gasteiger partial charge in [0.1, 0.15) is 0 Å². The summed E-state index contributed by atoms with van der Waals surface area (Å²) in [6.45, 7) is 1.48. The zero-order chi connectivity index (χ0) is 15.7. The molecule has 2 aliphatic carbocycles. The van der Waals surface area contributed by atoms with Crippen LogP contribution in [0, 0.1) is 11.8 Å². The molecule has 4 heteroatoms. The van der Waals surface area contributed by atoms with Crippen molar-refractivity contribution in [1.82, 2.24) is 4.90 Å². The monoisotopic (exact) mass is 364 g/mol. The average molecular weight is 365 g/mol. The van der Waals surface area contributed by atoms with E-state index in [-0.39, 0.29) is 11.3 Å². The Bertz CT molecular complexity index is 539. The van der Waals surface area contributed by atoms with Crippen molar-refractivity contribution < 1.29 is 4.79 Å². The van der Waals surface area contributed by atoms with Crippen LogP contribution in [0.15, 0.2) is 28.7 Å². The van der Waals surface area contributed by atoms with E-state index >= 15 is 0 Å². The van der Waals surface area contributed by atoms with E-state index in [1.54, 1.807) is 0 Å². The van der Waals surface area contributed by atoms with Gasteiger partial charge in [-0.3, -0.25) is 4.79 Å². The van der Waals surface area contributed by atoms with Crippen molar-refractivity contribution in [2.24, 2.45) is 17.6 Å². The Kier molecular flexibility index (Phi) is 4.60. The van der Waals surface area contributed by atoms with Crippen LogP contribution in [0.4, 0.5) is 0 Å². The van der Waals surface area contributed by atoms with Crippen LogP contribution in [0.3, 0.4) is 0 Å². The van der Waals surface area contributed by atoms with E-state index in [2.05, 4.69) is 40.2 Å². The van der Waals surface area contributed by atoms with Gasteiger partial charge in [-0.05, 0) is 55.8 Å². The molecule has 2 atom stereocenters. The summed E-state index contributed by atoms with van der Waals surface area (Å²) in [7, 11) is 1.97. The number of benzene rings is 1. The van der Waals surface area contributed by atoms with E-state index < -0.39 is 0 Å². The number of amides is 1. The highest BCUT2D eigenvalue weighted by Crippen LogP contribution is 2.49. The molecule has 0 radical (unpaired) electrons. The minimum atomic E-state index is 0.149. The second-order valence-electron chi connectivity index (χ2n) is 7.01. The van der Waals surface area contributed by atoms with E-state index in [0.717, 1.165) is 30.3 Å². The summed E-state index contributed by atoms with van der Waals surface area (Å²) in [5, 5.41) is 0. The Morgan fingerprint density at radius 3 is 2.59 bits per heavy atom. The number of carbonyl (C=O) groups is 1. The molecule has 1 amide bonds. The van der Waals surface area contributed by atoms with E-state index in [1.807, 2.05) is 11.9 Å². The molecule has 2 aliphatic rings. The predicted octanol–water partition coefficient (Wildman–Crippen LogP) is 3.31. The van der Waals surface area contributed by atoms with Crippen LogP contribution in [0.5, 0.6) is 0 Å². The van der Waals surface area contributed by atoms with Gasteiger partial charge in [-0.1, -0.05) is 34.5 Å². The normalized spacial score (nSPS) is 26.0. The molecule has 120 valence electrons. The number of hydrogen-bond donors (Lipinski definition) is 1. The third-order valence-corrected chi connectivity index (χ3v) is 6.03.